The lowest BCUT2D eigenvalue weighted by Gasteiger charge is -2.51. The van der Waals surface area contributed by atoms with Crippen LogP contribution in [0.1, 0.15) is 40.0 Å². The Hall–Kier alpha value is -2.71. The number of esters is 3. The molecule has 5 aliphatic rings. The Kier molecular flexibility index (Phi) is 6.21. The van der Waals surface area contributed by atoms with Crippen molar-refractivity contribution in [3.8, 4) is 0 Å². The van der Waals surface area contributed by atoms with E-state index in [1.807, 2.05) is 6.92 Å². The van der Waals surface area contributed by atoms with Crippen molar-refractivity contribution in [1.29, 1.82) is 0 Å². The third-order valence-corrected chi connectivity index (χ3v) is 8.45. The van der Waals surface area contributed by atoms with E-state index in [-0.39, 0.29) is 43.4 Å². The van der Waals surface area contributed by atoms with Crippen LogP contribution in [0.25, 0.3) is 0 Å². The third kappa shape index (κ3) is 4.27. The zero-order valence-electron chi connectivity index (χ0n) is 20.4. The molecular weight excluding hydrogens is 452 g/mol. The SMILES string of the molecule is CC1=CC2O[C@H]3CC4OC(=O)/C=C\C=C\C(=O)OCC/C(C)=C/C(=O)OCC1CC2[C@@]4(C)C31CO1. The van der Waals surface area contributed by atoms with E-state index in [9.17, 15) is 14.4 Å². The predicted molar refractivity (Wildman–Crippen MR) is 124 cm³/mol. The molecule has 0 aromatic heterocycles. The van der Waals surface area contributed by atoms with Crippen LogP contribution in [0, 0.1) is 17.3 Å². The van der Waals surface area contributed by atoms with E-state index >= 15 is 0 Å². The van der Waals surface area contributed by atoms with Gasteiger partial charge in [-0.1, -0.05) is 36.3 Å². The van der Waals surface area contributed by atoms with Crippen LogP contribution in [-0.4, -0.2) is 61.6 Å². The Balaban J connectivity index is 1.43. The maximum atomic E-state index is 12.7. The van der Waals surface area contributed by atoms with Gasteiger partial charge in [-0.3, -0.25) is 0 Å². The number of cyclic esters (lactones) is 2. The molecule has 1 saturated carbocycles. The highest BCUT2D eigenvalue weighted by Crippen LogP contribution is 2.67. The fraction of sp³-hybridized carbons (Fsp3) is 0.593. The topological polar surface area (TPSA) is 101 Å². The molecule has 4 bridgehead atoms. The third-order valence-electron chi connectivity index (χ3n) is 8.45. The zero-order chi connectivity index (χ0) is 24.8. The molecule has 5 unspecified atom stereocenters. The molecule has 3 heterocycles. The van der Waals surface area contributed by atoms with Gasteiger partial charge in [-0.25, -0.2) is 14.4 Å². The fourth-order valence-electron chi connectivity index (χ4n) is 6.27. The Morgan fingerprint density at radius 2 is 1.69 bits per heavy atom. The average molecular weight is 485 g/mol. The van der Waals surface area contributed by atoms with E-state index in [0.717, 1.165) is 17.6 Å². The van der Waals surface area contributed by atoms with Crippen molar-refractivity contribution in [2.75, 3.05) is 19.8 Å². The Morgan fingerprint density at radius 3 is 2.43 bits per heavy atom. The van der Waals surface area contributed by atoms with Gasteiger partial charge in [0.1, 0.15) is 11.7 Å². The minimum Gasteiger partial charge on any atom is -0.462 e. The van der Waals surface area contributed by atoms with E-state index in [1.54, 1.807) is 6.92 Å². The van der Waals surface area contributed by atoms with Gasteiger partial charge in [0.25, 0.3) is 0 Å². The van der Waals surface area contributed by atoms with Gasteiger partial charge < -0.3 is 23.7 Å². The molecule has 35 heavy (non-hydrogen) atoms. The van der Waals surface area contributed by atoms with E-state index < -0.39 is 28.9 Å². The van der Waals surface area contributed by atoms with Crippen LogP contribution in [0.15, 0.2) is 47.6 Å². The van der Waals surface area contributed by atoms with Crippen molar-refractivity contribution in [3.05, 3.63) is 47.6 Å². The lowest BCUT2D eigenvalue weighted by atomic mass is 9.59. The molecule has 0 aromatic carbocycles. The van der Waals surface area contributed by atoms with Crippen molar-refractivity contribution < 1.29 is 38.1 Å². The Labute approximate surface area is 204 Å². The summed E-state index contributed by atoms with van der Waals surface area (Å²) in [5.41, 5.74) is 1.01. The standard InChI is InChI=1S/C27H32O8/c1-16-8-9-31-23(28)6-4-5-7-24(29)35-21-13-22-27(15-33-27)26(21,3)19-12-18(14-32-25(30)10-16)17(2)11-20(19)34-22/h4-7,10-11,18-22H,8-9,12-15H2,1-3H3/b6-4+,7-5-,16-10+/t18?,19?,20?,21?,22-,26+,27?/m0/s1. The number of hydrogen-bond acceptors (Lipinski definition) is 8. The van der Waals surface area contributed by atoms with Crippen LogP contribution in [0.3, 0.4) is 0 Å². The minimum atomic E-state index is -0.531. The maximum Gasteiger partial charge on any atom is 0.331 e. The molecule has 188 valence electrons. The van der Waals surface area contributed by atoms with Gasteiger partial charge in [0.2, 0.25) is 0 Å². The van der Waals surface area contributed by atoms with Crippen LogP contribution in [0.2, 0.25) is 0 Å². The first-order valence-corrected chi connectivity index (χ1v) is 12.3. The van der Waals surface area contributed by atoms with Crippen molar-refractivity contribution >= 4 is 17.9 Å². The number of carbonyl (C=O) groups excluding carboxylic acids is 3. The number of epoxide rings is 1. The number of hydrogen-bond donors (Lipinski definition) is 0. The monoisotopic (exact) mass is 484 g/mol. The van der Waals surface area contributed by atoms with Gasteiger partial charge in [-0.2, -0.15) is 0 Å². The van der Waals surface area contributed by atoms with Gasteiger partial charge in [-0.15, -0.1) is 0 Å². The highest BCUT2D eigenvalue weighted by Gasteiger charge is 2.78. The molecule has 8 heteroatoms. The Morgan fingerprint density at radius 1 is 0.943 bits per heavy atom. The predicted octanol–water partition coefficient (Wildman–Crippen LogP) is 2.98. The molecular formula is C27H32O8. The highest BCUT2D eigenvalue weighted by atomic mass is 16.6. The normalized spacial score (nSPS) is 44.9. The first-order chi connectivity index (χ1) is 16.7. The molecule has 2 aliphatic carbocycles. The number of fused-ring (bicyclic) bond motifs is 1. The molecule has 8 nitrogen and oxygen atoms in total. The second kappa shape index (κ2) is 9.06. The molecule has 3 fully saturated rings. The first-order valence-electron chi connectivity index (χ1n) is 12.3. The summed E-state index contributed by atoms with van der Waals surface area (Å²) < 4.78 is 29.2. The molecule has 0 aromatic rings. The summed E-state index contributed by atoms with van der Waals surface area (Å²) in [4.78, 5) is 36.9. The summed E-state index contributed by atoms with van der Waals surface area (Å²) in [6.45, 7) is 6.97. The van der Waals surface area contributed by atoms with Crippen molar-refractivity contribution in [3.63, 3.8) is 0 Å². The first kappa shape index (κ1) is 24.0. The molecule has 0 N–H and O–H groups in total. The number of ether oxygens (including phenoxy) is 5. The van der Waals surface area contributed by atoms with E-state index in [4.69, 9.17) is 23.7 Å². The van der Waals surface area contributed by atoms with Crippen LogP contribution in [-0.2, 0) is 38.1 Å². The molecule has 2 saturated heterocycles. The second-order valence-electron chi connectivity index (χ2n) is 10.4. The van der Waals surface area contributed by atoms with Crippen molar-refractivity contribution in [2.45, 2.75) is 63.9 Å². The summed E-state index contributed by atoms with van der Waals surface area (Å²) in [6.07, 6.45) is 10.2. The van der Waals surface area contributed by atoms with Crippen LogP contribution < -0.4 is 0 Å². The Bertz CT molecular complexity index is 1030. The zero-order valence-corrected chi connectivity index (χ0v) is 20.4. The smallest absolute Gasteiger partial charge is 0.331 e. The van der Waals surface area contributed by atoms with E-state index in [1.165, 1.54) is 30.4 Å². The van der Waals surface area contributed by atoms with Gasteiger partial charge in [-0.05, 0) is 20.3 Å². The number of carbonyl (C=O) groups is 3. The largest absolute Gasteiger partial charge is 0.462 e. The summed E-state index contributed by atoms with van der Waals surface area (Å²) in [5, 5.41) is 0. The molecule has 3 aliphatic heterocycles. The summed E-state index contributed by atoms with van der Waals surface area (Å²) in [7, 11) is 0. The lowest BCUT2D eigenvalue weighted by Crippen LogP contribution is -2.58. The average Bonchev–Trinajstić information content (AvgIpc) is 3.58. The maximum absolute atomic E-state index is 12.7. The summed E-state index contributed by atoms with van der Waals surface area (Å²) in [5.74, 6) is -1.33. The molecule has 7 atom stereocenters. The van der Waals surface area contributed by atoms with E-state index in [2.05, 4.69) is 13.0 Å². The molecule has 5 rings (SSSR count). The summed E-state index contributed by atoms with van der Waals surface area (Å²) >= 11 is 0. The number of rotatable bonds is 0. The fourth-order valence-corrected chi connectivity index (χ4v) is 6.27. The van der Waals surface area contributed by atoms with Gasteiger partial charge in [0, 0.05) is 48.3 Å². The van der Waals surface area contributed by atoms with Gasteiger partial charge in [0.05, 0.1) is 32.0 Å². The van der Waals surface area contributed by atoms with Crippen LogP contribution >= 0.6 is 0 Å². The van der Waals surface area contributed by atoms with E-state index in [0.29, 0.717) is 19.4 Å². The second-order valence-corrected chi connectivity index (χ2v) is 10.4. The quantitative estimate of drug-likeness (QED) is 0.224. The van der Waals surface area contributed by atoms with Gasteiger partial charge in [0.15, 0.2) is 0 Å². The van der Waals surface area contributed by atoms with Crippen molar-refractivity contribution in [1.82, 2.24) is 0 Å². The number of allylic oxidation sites excluding steroid dienone is 2. The minimum absolute atomic E-state index is 0.0372. The lowest BCUT2D eigenvalue weighted by molar-refractivity contribution is -0.175. The molecule has 0 radical (unpaired) electrons. The molecule has 0 amide bonds. The van der Waals surface area contributed by atoms with Gasteiger partial charge >= 0.3 is 17.9 Å². The van der Waals surface area contributed by atoms with Crippen LogP contribution in [0.5, 0.6) is 0 Å². The molecule has 1 spiro atoms. The highest BCUT2D eigenvalue weighted by molar-refractivity contribution is 5.85. The summed E-state index contributed by atoms with van der Waals surface area (Å²) in [6, 6.07) is 0. The van der Waals surface area contributed by atoms with Crippen LogP contribution in [0.4, 0.5) is 0 Å². The van der Waals surface area contributed by atoms with Crippen molar-refractivity contribution in [2.24, 2.45) is 17.3 Å².